The van der Waals surface area contributed by atoms with E-state index in [1.165, 1.54) is 29.2 Å². The predicted molar refractivity (Wildman–Crippen MR) is 117 cm³/mol. The van der Waals surface area contributed by atoms with E-state index in [0.717, 1.165) is 5.69 Å². The van der Waals surface area contributed by atoms with Crippen molar-refractivity contribution in [1.82, 2.24) is 14.8 Å². The molecule has 11 heteroatoms. The third kappa shape index (κ3) is 5.20. The molecule has 1 aromatic heterocycles. The number of benzene rings is 1. The van der Waals surface area contributed by atoms with Crippen LogP contribution in [-0.2, 0) is 16.1 Å². The van der Waals surface area contributed by atoms with E-state index in [9.17, 15) is 24.8 Å². The summed E-state index contributed by atoms with van der Waals surface area (Å²) < 4.78 is 5.32. The van der Waals surface area contributed by atoms with Gasteiger partial charge in [0, 0.05) is 62.8 Å². The van der Waals surface area contributed by atoms with Gasteiger partial charge in [0.25, 0.3) is 5.69 Å². The second-order valence-electron chi connectivity index (χ2n) is 8.05. The highest BCUT2D eigenvalue weighted by Gasteiger charge is 2.42. The monoisotopic (exact) mass is 455 g/mol. The largest absolute Gasteiger partial charge is 0.445 e. The van der Waals surface area contributed by atoms with Gasteiger partial charge in [-0.05, 0) is 29.8 Å². The molecule has 1 N–H and O–H groups in total. The number of piperazine rings is 1. The number of nitro groups is 1. The molecular weight excluding hydrogens is 430 g/mol. The van der Waals surface area contributed by atoms with E-state index >= 15 is 0 Å². The number of nitrogens with zero attached hydrogens (tertiary/aromatic N) is 5. The van der Waals surface area contributed by atoms with Gasteiger partial charge in [-0.15, -0.1) is 0 Å². The lowest BCUT2D eigenvalue weighted by molar-refractivity contribution is -0.384. The molecule has 0 saturated carbocycles. The van der Waals surface area contributed by atoms with Crippen molar-refractivity contribution >= 4 is 23.4 Å². The highest BCUT2D eigenvalue weighted by molar-refractivity contribution is 5.86. The van der Waals surface area contributed by atoms with Crippen LogP contribution in [0.5, 0.6) is 0 Å². The molecule has 0 aliphatic carbocycles. The van der Waals surface area contributed by atoms with Gasteiger partial charge in [-0.25, -0.2) is 4.79 Å². The summed E-state index contributed by atoms with van der Waals surface area (Å²) in [5, 5.41) is 20.9. The molecule has 1 aromatic carbocycles. The summed E-state index contributed by atoms with van der Waals surface area (Å²) in [6.45, 7) is 2.28. The predicted octanol–water partition coefficient (Wildman–Crippen LogP) is 1.41. The Morgan fingerprint density at radius 2 is 1.76 bits per heavy atom. The maximum Gasteiger partial charge on any atom is 0.410 e. The van der Waals surface area contributed by atoms with E-state index in [1.807, 2.05) is 12.1 Å². The molecule has 0 unspecified atom stereocenters. The van der Waals surface area contributed by atoms with Crippen LogP contribution in [0.25, 0.3) is 0 Å². The number of aromatic nitrogens is 1. The molecule has 3 heterocycles. The number of aliphatic hydroxyl groups is 1. The van der Waals surface area contributed by atoms with Crippen molar-refractivity contribution in [2.75, 3.05) is 37.6 Å². The summed E-state index contributed by atoms with van der Waals surface area (Å²) in [4.78, 5) is 45.3. The summed E-state index contributed by atoms with van der Waals surface area (Å²) in [5.41, 5.74) is 1.58. The standard InChI is InChI=1S/C22H25N5O6/c28-19-13-20(21(29)25-11-9-24(10-12-25)17-5-7-23-8-6-17)26(14-19)22(30)33-15-16-1-3-18(4-2-16)27(31)32/h1-8,19-20,28H,9-15H2/t19-,20-/m0/s1. The Balaban J connectivity index is 1.33. The molecule has 2 fully saturated rings. The van der Waals surface area contributed by atoms with Crippen molar-refractivity contribution in [1.29, 1.82) is 0 Å². The summed E-state index contributed by atoms with van der Waals surface area (Å²) in [7, 11) is 0. The number of carbonyl (C=O) groups is 2. The molecule has 0 bridgehead atoms. The van der Waals surface area contributed by atoms with Crippen molar-refractivity contribution in [2.45, 2.75) is 25.2 Å². The second kappa shape index (κ2) is 9.82. The minimum absolute atomic E-state index is 0.0203. The molecule has 2 aromatic rings. The topological polar surface area (TPSA) is 129 Å². The van der Waals surface area contributed by atoms with Crippen LogP contribution in [0.1, 0.15) is 12.0 Å². The lowest BCUT2D eigenvalue weighted by atomic mass is 10.1. The first-order valence-corrected chi connectivity index (χ1v) is 10.7. The van der Waals surface area contributed by atoms with Gasteiger partial charge in [0.05, 0.1) is 17.6 Å². The number of ether oxygens (including phenoxy) is 1. The van der Waals surface area contributed by atoms with Crippen LogP contribution < -0.4 is 4.90 Å². The number of non-ortho nitro benzene ring substituents is 1. The first-order chi connectivity index (χ1) is 15.9. The Kier molecular flexibility index (Phi) is 6.68. The van der Waals surface area contributed by atoms with Crippen molar-refractivity contribution in [2.24, 2.45) is 0 Å². The fourth-order valence-corrected chi connectivity index (χ4v) is 4.14. The van der Waals surface area contributed by atoms with E-state index in [4.69, 9.17) is 4.74 Å². The molecule has 2 atom stereocenters. The molecule has 0 radical (unpaired) electrons. The third-order valence-electron chi connectivity index (χ3n) is 5.93. The lowest BCUT2D eigenvalue weighted by Crippen LogP contribution is -2.54. The Morgan fingerprint density at radius 3 is 2.39 bits per heavy atom. The molecule has 2 aliphatic rings. The molecular formula is C22H25N5O6. The van der Waals surface area contributed by atoms with E-state index in [1.54, 1.807) is 17.3 Å². The van der Waals surface area contributed by atoms with Crippen LogP contribution in [0.4, 0.5) is 16.2 Å². The number of hydrogen-bond acceptors (Lipinski definition) is 8. The van der Waals surface area contributed by atoms with Crippen LogP contribution in [0.15, 0.2) is 48.8 Å². The van der Waals surface area contributed by atoms with E-state index < -0.39 is 23.2 Å². The minimum Gasteiger partial charge on any atom is -0.445 e. The summed E-state index contributed by atoms with van der Waals surface area (Å²) in [6.07, 6.45) is 2.12. The normalized spacial score (nSPS) is 20.6. The highest BCUT2D eigenvalue weighted by atomic mass is 16.6. The van der Waals surface area contributed by atoms with Gasteiger partial charge >= 0.3 is 6.09 Å². The van der Waals surface area contributed by atoms with Gasteiger partial charge in [-0.2, -0.15) is 0 Å². The van der Waals surface area contributed by atoms with Crippen LogP contribution in [0, 0.1) is 10.1 Å². The van der Waals surface area contributed by atoms with Crippen LogP contribution in [0.2, 0.25) is 0 Å². The average Bonchev–Trinajstić information content (AvgIpc) is 3.24. The summed E-state index contributed by atoms with van der Waals surface area (Å²) in [6, 6.07) is 8.75. The maximum atomic E-state index is 13.2. The molecule has 174 valence electrons. The zero-order valence-electron chi connectivity index (χ0n) is 17.9. The van der Waals surface area contributed by atoms with Crippen molar-refractivity contribution < 1.29 is 24.4 Å². The number of amides is 2. The molecule has 0 spiro atoms. The first-order valence-electron chi connectivity index (χ1n) is 10.7. The van der Waals surface area contributed by atoms with Gasteiger partial charge in [-0.1, -0.05) is 0 Å². The van der Waals surface area contributed by atoms with E-state index in [0.29, 0.717) is 31.7 Å². The Morgan fingerprint density at radius 1 is 1.09 bits per heavy atom. The summed E-state index contributed by atoms with van der Waals surface area (Å²) in [5.74, 6) is -0.201. The van der Waals surface area contributed by atoms with Crippen LogP contribution in [-0.4, -0.2) is 81.7 Å². The molecule has 11 nitrogen and oxygen atoms in total. The van der Waals surface area contributed by atoms with Crippen molar-refractivity contribution in [3.63, 3.8) is 0 Å². The Bertz CT molecular complexity index is 994. The smallest absolute Gasteiger partial charge is 0.410 e. The second-order valence-corrected chi connectivity index (χ2v) is 8.05. The maximum absolute atomic E-state index is 13.2. The SMILES string of the molecule is O=C([C@@H]1C[C@H](O)CN1C(=O)OCc1ccc([N+](=O)[O-])cc1)N1CCN(c2ccncc2)CC1. The number of rotatable bonds is 5. The summed E-state index contributed by atoms with van der Waals surface area (Å²) >= 11 is 0. The van der Waals surface area contributed by atoms with Crippen molar-refractivity contribution in [3.8, 4) is 0 Å². The van der Waals surface area contributed by atoms with E-state index in [-0.39, 0.29) is 31.2 Å². The average molecular weight is 455 g/mol. The fraction of sp³-hybridized carbons (Fsp3) is 0.409. The highest BCUT2D eigenvalue weighted by Crippen LogP contribution is 2.23. The number of pyridine rings is 1. The molecule has 2 aliphatic heterocycles. The van der Waals surface area contributed by atoms with Gasteiger partial charge < -0.3 is 19.6 Å². The number of β-amino-alcohol motifs (C(OH)–C–C–N with tert-alkyl or cyclic N) is 1. The molecule has 2 amide bonds. The van der Waals surface area contributed by atoms with E-state index in [2.05, 4.69) is 9.88 Å². The number of hydrogen-bond donors (Lipinski definition) is 1. The third-order valence-corrected chi connectivity index (χ3v) is 5.93. The number of nitro benzene ring substituents is 1. The minimum atomic E-state index is -0.802. The van der Waals surface area contributed by atoms with Gasteiger partial charge in [0.15, 0.2) is 0 Å². The molecule has 4 rings (SSSR count). The van der Waals surface area contributed by atoms with Crippen LogP contribution >= 0.6 is 0 Å². The van der Waals surface area contributed by atoms with Gasteiger partial charge in [-0.3, -0.25) is 24.8 Å². The quantitative estimate of drug-likeness (QED) is 0.529. The molecule has 2 saturated heterocycles. The molecule has 33 heavy (non-hydrogen) atoms. The number of carbonyl (C=O) groups excluding carboxylic acids is 2. The zero-order valence-corrected chi connectivity index (χ0v) is 17.9. The first kappa shape index (κ1) is 22.5. The Hall–Kier alpha value is -3.73. The van der Waals surface area contributed by atoms with Gasteiger partial charge in [0.2, 0.25) is 5.91 Å². The zero-order chi connectivity index (χ0) is 23.4. The lowest BCUT2D eigenvalue weighted by Gasteiger charge is -2.38. The van der Waals surface area contributed by atoms with Crippen molar-refractivity contribution in [3.05, 3.63) is 64.5 Å². The fourth-order valence-electron chi connectivity index (χ4n) is 4.14. The number of likely N-dealkylation sites (tertiary alicyclic amines) is 1. The number of aliphatic hydroxyl groups excluding tert-OH is 1. The van der Waals surface area contributed by atoms with Gasteiger partial charge in [0.1, 0.15) is 12.6 Å². The Labute approximate surface area is 190 Å². The number of anilines is 1. The van der Waals surface area contributed by atoms with Crippen LogP contribution in [0.3, 0.4) is 0 Å².